The molecule has 0 aromatic heterocycles. The first-order valence-electron chi connectivity index (χ1n) is 8.10. The Hall–Kier alpha value is -3.20. The number of benzene rings is 2. The molecule has 0 aliphatic carbocycles. The number of para-hydroxylation sites is 1. The standard InChI is InChI=1S/C17H15ClN4O5/c18-16-14(10-13(21(24)25)11-15(16)22(26)27)17(23)20-8-6-19(7-9-20)12-4-2-1-3-5-12/h1-5,10-11H,6-9H2. The van der Waals surface area contributed by atoms with E-state index in [1.54, 1.807) is 0 Å². The molecular formula is C17H15ClN4O5. The van der Waals surface area contributed by atoms with Crippen molar-refractivity contribution >= 4 is 34.6 Å². The normalized spacial score (nSPS) is 14.1. The Kier molecular flexibility index (Phi) is 5.22. The number of hydrogen-bond donors (Lipinski definition) is 0. The Balaban J connectivity index is 1.82. The molecule has 1 aliphatic heterocycles. The minimum Gasteiger partial charge on any atom is -0.368 e. The van der Waals surface area contributed by atoms with E-state index in [0.717, 1.165) is 17.8 Å². The van der Waals surface area contributed by atoms with Gasteiger partial charge < -0.3 is 9.80 Å². The molecule has 10 heteroatoms. The van der Waals surface area contributed by atoms with Crippen LogP contribution in [-0.2, 0) is 0 Å². The van der Waals surface area contributed by atoms with Crippen LogP contribution in [0.4, 0.5) is 17.1 Å². The van der Waals surface area contributed by atoms with Crippen LogP contribution in [0.2, 0.25) is 5.02 Å². The second-order valence-electron chi connectivity index (χ2n) is 5.96. The number of hydrogen-bond acceptors (Lipinski definition) is 6. The smallest absolute Gasteiger partial charge is 0.295 e. The van der Waals surface area contributed by atoms with Crippen molar-refractivity contribution in [3.63, 3.8) is 0 Å². The van der Waals surface area contributed by atoms with Crippen molar-refractivity contribution < 1.29 is 14.6 Å². The maximum Gasteiger partial charge on any atom is 0.295 e. The first kappa shape index (κ1) is 18.6. The molecule has 0 saturated carbocycles. The fourth-order valence-electron chi connectivity index (χ4n) is 2.97. The molecule has 140 valence electrons. The molecule has 27 heavy (non-hydrogen) atoms. The van der Waals surface area contributed by atoms with Crippen LogP contribution in [0, 0.1) is 20.2 Å². The van der Waals surface area contributed by atoms with Crippen LogP contribution in [0.3, 0.4) is 0 Å². The molecule has 0 N–H and O–H groups in total. The van der Waals surface area contributed by atoms with Crippen LogP contribution < -0.4 is 4.90 Å². The highest BCUT2D eigenvalue weighted by molar-refractivity contribution is 6.36. The molecular weight excluding hydrogens is 376 g/mol. The van der Waals surface area contributed by atoms with Gasteiger partial charge in [0.05, 0.1) is 21.5 Å². The topological polar surface area (TPSA) is 110 Å². The van der Waals surface area contributed by atoms with E-state index in [0.29, 0.717) is 26.2 Å². The van der Waals surface area contributed by atoms with Gasteiger partial charge in [0.15, 0.2) is 0 Å². The number of halogens is 1. The van der Waals surface area contributed by atoms with Gasteiger partial charge in [-0.05, 0) is 12.1 Å². The first-order valence-corrected chi connectivity index (χ1v) is 8.48. The molecule has 1 heterocycles. The third-order valence-corrected chi connectivity index (χ3v) is 4.76. The lowest BCUT2D eigenvalue weighted by Gasteiger charge is -2.36. The van der Waals surface area contributed by atoms with Gasteiger partial charge in [-0.25, -0.2) is 0 Å². The van der Waals surface area contributed by atoms with Crippen molar-refractivity contribution in [2.75, 3.05) is 31.1 Å². The molecule has 2 aromatic carbocycles. The van der Waals surface area contributed by atoms with Crippen molar-refractivity contribution in [2.45, 2.75) is 0 Å². The lowest BCUT2D eigenvalue weighted by Crippen LogP contribution is -2.48. The van der Waals surface area contributed by atoms with Crippen LogP contribution >= 0.6 is 11.6 Å². The van der Waals surface area contributed by atoms with Crippen LogP contribution in [0.15, 0.2) is 42.5 Å². The number of piperazine rings is 1. The molecule has 1 saturated heterocycles. The van der Waals surface area contributed by atoms with Gasteiger partial charge in [0, 0.05) is 37.9 Å². The molecule has 1 amide bonds. The number of nitro benzene ring substituents is 2. The molecule has 0 atom stereocenters. The molecule has 3 rings (SSSR count). The average Bonchev–Trinajstić information content (AvgIpc) is 2.68. The van der Waals surface area contributed by atoms with E-state index in [2.05, 4.69) is 4.90 Å². The summed E-state index contributed by atoms with van der Waals surface area (Å²) in [6.07, 6.45) is 0. The van der Waals surface area contributed by atoms with Crippen molar-refractivity contribution in [3.8, 4) is 0 Å². The van der Waals surface area contributed by atoms with E-state index in [-0.39, 0.29) is 10.6 Å². The van der Waals surface area contributed by atoms with Crippen molar-refractivity contribution in [1.82, 2.24) is 4.90 Å². The van der Waals surface area contributed by atoms with E-state index in [1.165, 1.54) is 4.90 Å². The van der Waals surface area contributed by atoms with Gasteiger partial charge in [0.25, 0.3) is 17.3 Å². The van der Waals surface area contributed by atoms with E-state index in [4.69, 9.17) is 11.6 Å². The molecule has 0 spiro atoms. The van der Waals surface area contributed by atoms with Crippen LogP contribution in [0.5, 0.6) is 0 Å². The van der Waals surface area contributed by atoms with Gasteiger partial charge in [-0.1, -0.05) is 29.8 Å². The molecule has 0 unspecified atom stereocenters. The SMILES string of the molecule is O=C(c1cc([N+](=O)[O-])cc([N+](=O)[O-])c1Cl)N1CCN(c2ccccc2)CC1. The number of amides is 1. The summed E-state index contributed by atoms with van der Waals surface area (Å²) < 4.78 is 0. The van der Waals surface area contributed by atoms with E-state index in [1.807, 2.05) is 30.3 Å². The number of rotatable bonds is 4. The van der Waals surface area contributed by atoms with Crippen molar-refractivity contribution in [3.05, 3.63) is 73.3 Å². The maximum atomic E-state index is 12.8. The molecule has 1 aliphatic rings. The summed E-state index contributed by atoms with van der Waals surface area (Å²) in [7, 11) is 0. The number of nitro groups is 2. The lowest BCUT2D eigenvalue weighted by molar-refractivity contribution is -0.394. The van der Waals surface area contributed by atoms with Gasteiger partial charge in [0.1, 0.15) is 5.02 Å². The van der Waals surface area contributed by atoms with Crippen molar-refractivity contribution in [2.24, 2.45) is 0 Å². The number of nitrogens with zero attached hydrogens (tertiary/aromatic N) is 4. The zero-order valence-corrected chi connectivity index (χ0v) is 14.8. The largest absolute Gasteiger partial charge is 0.368 e. The van der Waals surface area contributed by atoms with Crippen LogP contribution in [-0.4, -0.2) is 46.8 Å². The predicted molar refractivity (Wildman–Crippen MR) is 99.3 cm³/mol. The molecule has 1 fully saturated rings. The summed E-state index contributed by atoms with van der Waals surface area (Å²) in [5.41, 5.74) is -0.395. The first-order chi connectivity index (χ1) is 12.9. The Morgan fingerprint density at radius 3 is 2.15 bits per heavy atom. The van der Waals surface area contributed by atoms with E-state index >= 15 is 0 Å². The number of anilines is 1. The Labute approximate surface area is 159 Å². The van der Waals surface area contributed by atoms with Gasteiger partial charge in [0.2, 0.25) is 0 Å². The van der Waals surface area contributed by atoms with E-state index < -0.39 is 27.1 Å². The van der Waals surface area contributed by atoms with Gasteiger partial charge in [-0.2, -0.15) is 0 Å². The zero-order valence-electron chi connectivity index (χ0n) is 14.1. The third-order valence-electron chi connectivity index (χ3n) is 4.36. The summed E-state index contributed by atoms with van der Waals surface area (Å²) >= 11 is 6.00. The Morgan fingerprint density at radius 2 is 1.59 bits per heavy atom. The maximum absolute atomic E-state index is 12.8. The monoisotopic (exact) mass is 390 g/mol. The minimum absolute atomic E-state index is 0.231. The summed E-state index contributed by atoms with van der Waals surface area (Å²) in [5.74, 6) is -0.556. The number of carbonyl (C=O) groups excluding carboxylic acids is 1. The number of non-ortho nitro benzene ring substituents is 1. The fourth-order valence-corrected chi connectivity index (χ4v) is 3.22. The molecule has 9 nitrogen and oxygen atoms in total. The van der Waals surface area contributed by atoms with Gasteiger partial charge in [-0.3, -0.25) is 25.0 Å². The summed E-state index contributed by atoms with van der Waals surface area (Å²) in [4.78, 5) is 36.9. The highest BCUT2D eigenvalue weighted by atomic mass is 35.5. The fraction of sp³-hybridized carbons (Fsp3) is 0.235. The summed E-state index contributed by atoms with van der Waals surface area (Å²) in [6, 6.07) is 11.5. The highest BCUT2D eigenvalue weighted by Crippen LogP contribution is 2.33. The van der Waals surface area contributed by atoms with Crippen molar-refractivity contribution in [1.29, 1.82) is 0 Å². The lowest BCUT2D eigenvalue weighted by atomic mass is 10.1. The van der Waals surface area contributed by atoms with Gasteiger partial charge >= 0.3 is 0 Å². The summed E-state index contributed by atoms with van der Waals surface area (Å²) in [6.45, 7) is 1.90. The van der Waals surface area contributed by atoms with Gasteiger partial charge in [-0.15, -0.1) is 0 Å². The Bertz CT molecular complexity index is 898. The minimum atomic E-state index is -0.834. The number of carbonyl (C=O) groups is 1. The van der Waals surface area contributed by atoms with E-state index in [9.17, 15) is 25.0 Å². The third kappa shape index (κ3) is 3.82. The predicted octanol–water partition coefficient (Wildman–Crippen LogP) is 3.12. The highest BCUT2D eigenvalue weighted by Gasteiger charge is 2.30. The molecule has 2 aromatic rings. The molecule has 0 bridgehead atoms. The second-order valence-corrected chi connectivity index (χ2v) is 6.33. The Morgan fingerprint density at radius 1 is 0.963 bits per heavy atom. The summed E-state index contributed by atoms with van der Waals surface area (Å²) in [5, 5.41) is 21.8. The second kappa shape index (κ2) is 7.58. The molecule has 0 radical (unpaired) electrons. The van der Waals surface area contributed by atoms with Crippen LogP contribution in [0.1, 0.15) is 10.4 Å². The quantitative estimate of drug-likeness (QED) is 0.586. The van der Waals surface area contributed by atoms with Crippen LogP contribution in [0.25, 0.3) is 0 Å². The average molecular weight is 391 g/mol. The zero-order chi connectivity index (χ0) is 19.6.